The first-order chi connectivity index (χ1) is 12.5. The van der Waals surface area contributed by atoms with E-state index in [1.807, 2.05) is 6.07 Å². The third kappa shape index (κ3) is 4.98. The first-order valence-corrected chi connectivity index (χ1v) is 10.1. The number of thiophene rings is 1. The number of halogens is 2. The maximum atomic E-state index is 12.5. The zero-order valence-electron chi connectivity index (χ0n) is 14.5. The smallest absolute Gasteiger partial charge is 0.238 e. The Morgan fingerprint density at radius 1 is 1.15 bits per heavy atom. The van der Waals surface area contributed by atoms with Crippen LogP contribution in [0.1, 0.15) is 18.2 Å². The highest BCUT2D eigenvalue weighted by Crippen LogP contribution is 2.27. The van der Waals surface area contributed by atoms with E-state index in [1.54, 1.807) is 29.5 Å². The molecular formula is C20H20Cl2N2OS. The van der Waals surface area contributed by atoms with Gasteiger partial charge in [0.1, 0.15) is 0 Å². The van der Waals surface area contributed by atoms with Crippen LogP contribution in [0.25, 0.3) is 10.1 Å². The van der Waals surface area contributed by atoms with Crippen LogP contribution in [0.2, 0.25) is 10.0 Å². The number of fused-ring (bicyclic) bond motifs is 1. The Hall–Kier alpha value is -1.59. The highest BCUT2D eigenvalue weighted by Gasteiger charge is 2.14. The van der Waals surface area contributed by atoms with Crippen LogP contribution in [-0.4, -0.2) is 23.9 Å². The van der Waals surface area contributed by atoms with Gasteiger partial charge in [0.2, 0.25) is 5.91 Å². The van der Waals surface area contributed by atoms with Gasteiger partial charge in [-0.25, -0.2) is 0 Å². The van der Waals surface area contributed by atoms with Gasteiger partial charge in [-0.15, -0.1) is 11.3 Å². The summed E-state index contributed by atoms with van der Waals surface area (Å²) in [6.07, 6.45) is 0.986. The van der Waals surface area contributed by atoms with E-state index < -0.39 is 0 Å². The van der Waals surface area contributed by atoms with Crippen LogP contribution in [0.5, 0.6) is 0 Å². The van der Waals surface area contributed by atoms with E-state index in [0.29, 0.717) is 22.3 Å². The average Bonchev–Trinajstić information content (AvgIpc) is 3.00. The number of anilines is 1. The van der Waals surface area contributed by atoms with Crippen molar-refractivity contribution in [2.75, 3.05) is 18.4 Å². The highest BCUT2D eigenvalue weighted by molar-refractivity contribution is 7.19. The van der Waals surface area contributed by atoms with Gasteiger partial charge in [0, 0.05) is 21.1 Å². The summed E-state index contributed by atoms with van der Waals surface area (Å²) in [7, 11) is 0. The number of carbonyl (C=O) groups excluding carboxylic acids is 1. The molecule has 0 bridgehead atoms. The fourth-order valence-electron chi connectivity index (χ4n) is 2.85. The lowest BCUT2D eigenvalue weighted by molar-refractivity contribution is -0.117. The summed E-state index contributed by atoms with van der Waals surface area (Å²) in [6.45, 7) is 4.05. The molecule has 0 fully saturated rings. The summed E-state index contributed by atoms with van der Waals surface area (Å²) < 4.78 is 1.27. The molecule has 6 heteroatoms. The van der Waals surface area contributed by atoms with Gasteiger partial charge < -0.3 is 5.32 Å². The van der Waals surface area contributed by atoms with Crippen molar-refractivity contribution in [3.8, 4) is 0 Å². The molecule has 0 spiro atoms. The number of nitrogens with one attached hydrogen (secondary N) is 1. The first kappa shape index (κ1) is 19.2. The Balaban J connectivity index is 1.66. The molecule has 1 heterocycles. The summed E-state index contributed by atoms with van der Waals surface area (Å²) in [4.78, 5) is 15.9. The fraction of sp³-hybridized carbons (Fsp3) is 0.250. The number of hydrogen-bond donors (Lipinski definition) is 1. The van der Waals surface area contributed by atoms with E-state index >= 15 is 0 Å². The molecule has 0 saturated heterocycles. The lowest BCUT2D eigenvalue weighted by atomic mass is 10.2. The monoisotopic (exact) mass is 406 g/mol. The van der Waals surface area contributed by atoms with Crippen LogP contribution in [0.15, 0.2) is 48.5 Å². The van der Waals surface area contributed by atoms with Crippen molar-refractivity contribution < 1.29 is 4.79 Å². The molecule has 1 N–H and O–H groups in total. The summed E-state index contributed by atoms with van der Waals surface area (Å²) in [5.74, 6) is -0.0798. The molecular weight excluding hydrogens is 387 g/mol. The third-order valence-electron chi connectivity index (χ3n) is 3.97. The Bertz CT molecular complexity index is 877. The number of rotatable bonds is 7. The summed E-state index contributed by atoms with van der Waals surface area (Å²) in [5.41, 5.74) is 0.583. The molecule has 26 heavy (non-hydrogen) atoms. The largest absolute Gasteiger partial charge is 0.324 e. The van der Waals surface area contributed by atoms with Crippen molar-refractivity contribution in [2.45, 2.75) is 19.9 Å². The minimum absolute atomic E-state index is 0.0798. The van der Waals surface area contributed by atoms with Crippen molar-refractivity contribution >= 4 is 56.2 Å². The van der Waals surface area contributed by atoms with Gasteiger partial charge >= 0.3 is 0 Å². The van der Waals surface area contributed by atoms with Crippen LogP contribution in [-0.2, 0) is 11.3 Å². The number of nitrogens with zero attached hydrogens (tertiary/aromatic N) is 1. The van der Waals surface area contributed by atoms with Gasteiger partial charge in [0.15, 0.2) is 0 Å². The van der Waals surface area contributed by atoms with Gasteiger partial charge in [-0.3, -0.25) is 9.69 Å². The molecule has 0 aliphatic rings. The van der Waals surface area contributed by atoms with Gasteiger partial charge in [0.05, 0.1) is 17.3 Å². The van der Waals surface area contributed by atoms with Gasteiger partial charge in [0.25, 0.3) is 0 Å². The maximum absolute atomic E-state index is 12.5. The zero-order chi connectivity index (χ0) is 18.5. The lowest BCUT2D eigenvalue weighted by Gasteiger charge is -2.20. The van der Waals surface area contributed by atoms with Crippen LogP contribution in [0.3, 0.4) is 0 Å². The van der Waals surface area contributed by atoms with Crippen molar-refractivity contribution in [2.24, 2.45) is 0 Å². The van der Waals surface area contributed by atoms with E-state index in [2.05, 4.69) is 41.4 Å². The summed E-state index contributed by atoms with van der Waals surface area (Å²) in [6, 6.07) is 15.6. The normalized spacial score (nSPS) is 11.2. The Morgan fingerprint density at radius 2 is 1.96 bits per heavy atom. The summed E-state index contributed by atoms with van der Waals surface area (Å²) in [5, 5.41) is 5.11. The van der Waals surface area contributed by atoms with Crippen molar-refractivity contribution in [1.29, 1.82) is 0 Å². The zero-order valence-corrected chi connectivity index (χ0v) is 16.8. The van der Waals surface area contributed by atoms with Crippen molar-refractivity contribution in [1.82, 2.24) is 4.90 Å². The van der Waals surface area contributed by atoms with Crippen molar-refractivity contribution in [3.05, 3.63) is 63.5 Å². The van der Waals surface area contributed by atoms with Crippen LogP contribution in [0, 0.1) is 0 Å². The fourth-order valence-corrected chi connectivity index (χ4v) is 4.41. The average molecular weight is 407 g/mol. The molecule has 3 rings (SSSR count). The minimum atomic E-state index is -0.0798. The third-order valence-corrected chi connectivity index (χ3v) is 5.62. The molecule has 1 aromatic heterocycles. The van der Waals surface area contributed by atoms with E-state index in [1.165, 1.54) is 15.0 Å². The lowest BCUT2D eigenvalue weighted by Crippen LogP contribution is -2.33. The predicted octanol–water partition coefficient (Wildman–Crippen LogP) is 6.06. The Labute approximate surface area is 167 Å². The van der Waals surface area contributed by atoms with Gasteiger partial charge in [-0.05, 0) is 48.7 Å². The van der Waals surface area contributed by atoms with E-state index in [9.17, 15) is 4.79 Å². The minimum Gasteiger partial charge on any atom is -0.324 e. The van der Waals surface area contributed by atoms with Crippen LogP contribution in [0.4, 0.5) is 5.69 Å². The van der Waals surface area contributed by atoms with Gasteiger partial charge in [-0.2, -0.15) is 0 Å². The second-order valence-corrected chi connectivity index (χ2v) is 8.15. The first-order valence-electron chi connectivity index (χ1n) is 8.50. The topological polar surface area (TPSA) is 32.3 Å². The van der Waals surface area contributed by atoms with E-state index in [-0.39, 0.29) is 5.91 Å². The standard InChI is InChI=1S/C20H20Cl2N2OS/c1-2-9-24(12-16-10-14-5-3-4-6-19(14)26-16)13-20(25)23-18-8-7-15(21)11-17(18)22/h3-8,10-11H,2,9,12-13H2,1H3,(H,23,25). The van der Waals surface area contributed by atoms with Crippen LogP contribution >= 0.6 is 34.5 Å². The molecule has 2 aromatic carbocycles. The maximum Gasteiger partial charge on any atom is 0.238 e. The summed E-state index contributed by atoms with van der Waals surface area (Å²) >= 11 is 13.8. The number of benzene rings is 2. The molecule has 136 valence electrons. The quantitative estimate of drug-likeness (QED) is 0.516. The molecule has 3 nitrogen and oxygen atoms in total. The molecule has 3 aromatic rings. The predicted molar refractivity (Wildman–Crippen MR) is 112 cm³/mol. The molecule has 0 radical (unpaired) electrons. The number of hydrogen-bond acceptors (Lipinski definition) is 3. The molecule has 0 aliphatic heterocycles. The molecule has 1 amide bonds. The highest BCUT2D eigenvalue weighted by atomic mass is 35.5. The SMILES string of the molecule is CCCN(CC(=O)Nc1ccc(Cl)cc1Cl)Cc1cc2ccccc2s1. The van der Waals surface area contributed by atoms with E-state index in [4.69, 9.17) is 23.2 Å². The second-order valence-electron chi connectivity index (χ2n) is 6.13. The molecule has 0 atom stereocenters. The van der Waals surface area contributed by atoms with E-state index in [0.717, 1.165) is 19.5 Å². The van der Waals surface area contributed by atoms with Crippen LogP contribution < -0.4 is 5.32 Å². The number of carbonyl (C=O) groups is 1. The molecule has 0 aliphatic carbocycles. The van der Waals surface area contributed by atoms with Gasteiger partial charge in [-0.1, -0.05) is 48.3 Å². The second kappa shape index (κ2) is 8.87. The number of amides is 1. The molecule has 0 unspecified atom stereocenters. The van der Waals surface area contributed by atoms with Crippen molar-refractivity contribution in [3.63, 3.8) is 0 Å². The Morgan fingerprint density at radius 3 is 2.69 bits per heavy atom. The molecule has 0 saturated carbocycles. The Kier molecular flexibility index (Phi) is 6.54.